The lowest BCUT2D eigenvalue weighted by molar-refractivity contribution is -0.166. The third-order valence-corrected chi connectivity index (χ3v) is 3.77. The summed E-state index contributed by atoms with van der Waals surface area (Å²) in [5, 5.41) is 30.8. The summed E-state index contributed by atoms with van der Waals surface area (Å²) in [6.45, 7) is -0.845. The van der Waals surface area contributed by atoms with Crippen molar-refractivity contribution in [2.45, 2.75) is 36.9 Å². The predicted molar refractivity (Wildman–Crippen MR) is 65.0 cm³/mol. The Morgan fingerprint density at radius 1 is 1.26 bits per heavy atom. The Bertz CT molecular complexity index is 542. The summed E-state index contributed by atoms with van der Waals surface area (Å²) < 4.78 is 33.2. The van der Waals surface area contributed by atoms with Crippen LogP contribution in [0.3, 0.4) is 0 Å². The summed E-state index contributed by atoms with van der Waals surface area (Å²) in [6.07, 6.45) is -11.6. The highest BCUT2D eigenvalue weighted by Gasteiger charge is 2.53. The SMILES string of the molecule is O=C1NC(=O)N([C@H]2O[C@@H](COP(=O)(O)O)C(O)C2O)C(O)C1F. The average Bonchev–Trinajstić information content (AvgIpc) is 2.70. The first kappa shape index (κ1) is 18.2. The lowest BCUT2D eigenvalue weighted by Gasteiger charge is -2.38. The monoisotopic (exact) mass is 360 g/mol. The maximum absolute atomic E-state index is 13.5. The molecule has 12 nitrogen and oxygen atoms in total. The highest BCUT2D eigenvalue weighted by atomic mass is 31.2. The molecule has 2 saturated heterocycles. The quantitative estimate of drug-likeness (QED) is 0.278. The van der Waals surface area contributed by atoms with Gasteiger partial charge in [-0.05, 0) is 0 Å². The number of aliphatic hydroxyl groups excluding tert-OH is 3. The third-order valence-electron chi connectivity index (χ3n) is 3.28. The van der Waals surface area contributed by atoms with Gasteiger partial charge in [-0.15, -0.1) is 0 Å². The molecule has 23 heavy (non-hydrogen) atoms. The molecule has 0 aliphatic carbocycles. The molecule has 3 amide bonds. The molecule has 6 N–H and O–H groups in total. The minimum atomic E-state index is -4.88. The molecule has 2 heterocycles. The Morgan fingerprint density at radius 2 is 1.87 bits per heavy atom. The molecule has 2 aliphatic rings. The zero-order valence-corrected chi connectivity index (χ0v) is 12.1. The molecule has 0 saturated carbocycles. The smallest absolute Gasteiger partial charge is 0.387 e. The second kappa shape index (κ2) is 6.37. The summed E-state index contributed by atoms with van der Waals surface area (Å²) in [5.74, 6) is -1.38. The number of hydrogen-bond donors (Lipinski definition) is 6. The van der Waals surface area contributed by atoms with Crippen molar-refractivity contribution in [1.29, 1.82) is 0 Å². The molecule has 2 fully saturated rings. The minimum Gasteiger partial charge on any atom is -0.387 e. The van der Waals surface area contributed by atoms with Gasteiger partial charge in [0.25, 0.3) is 5.91 Å². The van der Waals surface area contributed by atoms with Gasteiger partial charge in [0.1, 0.15) is 18.3 Å². The number of ether oxygens (including phenoxy) is 1. The van der Waals surface area contributed by atoms with Gasteiger partial charge in [-0.25, -0.2) is 13.8 Å². The van der Waals surface area contributed by atoms with Crippen LogP contribution in [0.2, 0.25) is 0 Å². The van der Waals surface area contributed by atoms with Gasteiger partial charge in [-0.2, -0.15) is 0 Å². The molecule has 14 heteroatoms. The van der Waals surface area contributed by atoms with Crippen molar-refractivity contribution in [3.8, 4) is 0 Å². The largest absolute Gasteiger partial charge is 0.469 e. The summed E-state index contributed by atoms with van der Waals surface area (Å²) >= 11 is 0. The van der Waals surface area contributed by atoms with Crippen molar-refractivity contribution in [1.82, 2.24) is 10.2 Å². The van der Waals surface area contributed by atoms with Crippen LogP contribution < -0.4 is 5.32 Å². The van der Waals surface area contributed by atoms with E-state index >= 15 is 0 Å². The topological polar surface area (TPSA) is 186 Å². The predicted octanol–water partition coefficient (Wildman–Crippen LogP) is -3.25. The number of nitrogens with zero attached hydrogens (tertiary/aromatic N) is 1. The number of carbonyl (C=O) groups is 2. The van der Waals surface area contributed by atoms with E-state index in [0.717, 1.165) is 0 Å². The molecule has 6 atom stereocenters. The number of hydrogen-bond acceptors (Lipinski definition) is 8. The summed E-state index contributed by atoms with van der Waals surface area (Å²) in [6, 6.07) is -1.27. The Kier molecular flexibility index (Phi) is 5.03. The maximum atomic E-state index is 13.5. The van der Waals surface area contributed by atoms with E-state index in [4.69, 9.17) is 14.5 Å². The third kappa shape index (κ3) is 3.67. The molecule has 4 unspecified atom stereocenters. The molecular formula is C9H14FN2O10P. The van der Waals surface area contributed by atoms with Crippen LogP contribution in [0.15, 0.2) is 0 Å². The van der Waals surface area contributed by atoms with Crippen molar-refractivity contribution in [2.24, 2.45) is 0 Å². The molecule has 0 aromatic heterocycles. The number of carbonyl (C=O) groups excluding carboxylic acids is 2. The van der Waals surface area contributed by atoms with E-state index in [1.165, 1.54) is 0 Å². The molecule has 0 spiro atoms. The van der Waals surface area contributed by atoms with Crippen LogP contribution in [0.5, 0.6) is 0 Å². The lowest BCUT2D eigenvalue weighted by atomic mass is 10.1. The van der Waals surface area contributed by atoms with Crippen LogP contribution in [0.4, 0.5) is 9.18 Å². The first-order valence-electron chi connectivity index (χ1n) is 6.20. The number of aliphatic hydroxyl groups is 3. The fourth-order valence-corrected chi connectivity index (χ4v) is 2.51. The Balaban J connectivity index is 2.12. The Morgan fingerprint density at radius 3 is 2.43 bits per heavy atom. The maximum Gasteiger partial charge on any atom is 0.469 e. The molecule has 0 aromatic carbocycles. The molecule has 2 aliphatic heterocycles. The van der Waals surface area contributed by atoms with Gasteiger partial charge in [-0.3, -0.25) is 19.5 Å². The summed E-state index contributed by atoms with van der Waals surface area (Å²) in [4.78, 5) is 40.1. The highest BCUT2D eigenvalue weighted by molar-refractivity contribution is 7.46. The number of phosphoric ester groups is 1. The fraction of sp³-hybridized carbons (Fsp3) is 0.778. The first-order valence-corrected chi connectivity index (χ1v) is 7.73. The van der Waals surface area contributed by atoms with E-state index in [-0.39, 0.29) is 4.90 Å². The molecule has 2 rings (SSSR count). The van der Waals surface area contributed by atoms with Crippen LogP contribution in [0.1, 0.15) is 0 Å². The van der Waals surface area contributed by atoms with Gasteiger partial charge in [0.2, 0.25) is 6.17 Å². The van der Waals surface area contributed by atoms with Crippen LogP contribution in [0.25, 0.3) is 0 Å². The number of nitrogens with one attached hydrogen (secondary N) is 1. The second-order valence-electron chi connectivity index (χ2n) is 4.85. The fourth-order valence-electron chi connectivity index (χ4n) is 2.17. The molecule has 0 aromatic rings. The number of rotatable bonds is 4. The number of imide groups is 1. The standard InChI is InChI=1S/C9H14FN2O10P/c10-3-6(15)11-9(17)12(7(3)16)8-5(14)4(13)2(22-8)1-21-23(18,19)20/h2-5,7-8,13-14,16H,1H2,(H,11,15,17)(H2,18,19,20)/t2-,3?,4?,5?,7?,8-/m0/s1. The van der Waals surface area contributed by atoms with Crippen molar-refractivity contribution < 1.29 is 52.9 Å². The van der Waals surface area contributed by atoms with Crippen LogP contribution in [0, 0.1) is 0 Å². The van der Waals surface area contributed by atoms with Gasteiger partial charge in [0, 0.05) is 0 Å². The zero-order chi connectivity index (χ0) is 17.5. The van der Waals surface area contributed by atoms with E-state index < -0.39 is 63.3 Å². The van der Waals surface area contributed by atoms with E-state index in [9.17, 15) is 33.9 Å². The molecular weight excluding hydrogens is 346 g/mol. The van der Waals surface area contributed by atoms with Crippen LogP contribution >= 0.6 is 7.82 Å². The van der Waals surface area contributed by atoms with E-state index in [0.29, 0.717) is 0 Å². The van der Waals surface area contributed by atoms with Gasteiger partial charge in [0.15, 0.2) is 12.5 Å². The molecule has 0 bridgehead atoms. The number of halogens is 1. The Labute approximate surface area is 127 Å². The normalized spacial score (nSPS) is 38.8. The molecule has 132 valence electrons. The average molecular weight is 360 g/mol. The van der Waals surface area contributed by atoms with Gasteiger partial charge >= 0.3 is 13.9 Å². The van der Waals surface area contributed by atoms with Gasteiger partial charge < -0.3 is 29.8 Å². The summed E-state index contributed by atoms with van der Waals surface area (Å²) in [5.41, 5.74) is 0. The first-order chi connectivity index (χ1) is 10.5. The van der Waals surface area contributed by atoms with Crippen molar-refractivity contribution in [3.05, 3.63) is 0 Å². The summed E-state index contributed by atoms with van der Waals surface area (Å²) in [7, 11) is -4.88. The van der Waals surface area contributed by atoms with Crippen molar-refractivity contribution in [3.63, 3.8) is 0 Å². The van der Waals surface area contributed by atoms with Gasteiger partial charge in [-0.1, -0.05) is 0 Å². The van der Waals surface area contributed by atoms with Crippen molar-refractivity contribution in [2.75, 3.05) is 6.61 Å². The minimum absolute atomic E-state index is 0.261. The Hall–Kier alpha value is -1.18. The van der Waals surface area contributed by atoms with E-state index in [1.807, 2.05) is 0 Å². The number of urea groups is 1. The van der Waals surface area contributed by atoms with E-state index in [1.54, 1.807) is 5.32 Å². The van der Waals surface area contributed by atoms with E-state index in [2.05, 4.69) is 4.52 Å². The molecule has 0 radical (unpaired) electrons. The zero-order valence-electron chi connectivity index (χ0n) is 11.2. The van der Waals surface area contributed by atoms with Gasteiger partial charge in [0.05, 0.1) is 6.61 Å². The van der Waals surface area contributed by atoms with Crippen LogP contribution in [-0.2, 0) is 18.6 Å². The highest BCUT2D eigenvalue weighted by Crippen LogP contribution is 2.37. The van der Waals surface area contributed by atoms with Crippen molar-refractivity contribution >= 4 is 19.8 Å². The number of alkyl halides is 1. The lowest BCUT2D eigenvalue weighted by Crippen LogP contribution is -2.66. The number of phosphoric acid groups is 1. The second-order valence-corrected chi connectivity index (χ2v) is 6.09. The number of amides is 3. The van der Waals surface area contributed by atoms with Crippen LogP contribution in [-0.4, -0.2) is 85.5 Å².